The first-order chi connectivity index (χ1) is 10.9. The van der Waals surface area contributed by atoms with Gasteiger partial charge in [-0.15, -0.1) is 0 Å². The molecule has 2 heterocycles. The van der Waals surface area contributed by atoms with Crippen molar-refractivity contribution < 1.29 is 13.9 Å². The molecule has 0 spiro atoms. The van der Waals surface area contributed by atoms with Crippen molar-refractivity contribution in [2.75, 3.05) is 31.1 Å². The molecule has 1 saturated heterocycles. The van der Waals surface area contributed by atoms with Crippen LogP contribution < -0.4 is 4.90 Å². The summed E-state index contributed by atoms with van der Waals surface area (Å²) >= 11 is 0. The van der Waals surface area contributed by atoms with Gasteiger partial charge in [0.2, 0.25) is 0 Å². The lowest BCUT2D eigenvalue weighted by molar-refractivity contribution is 0.0263. The Morgan fingerprint density at radius 3 is 2.83 bits per heavy atom. The lowest BCUT2D eigenvalue weighted by atomic mass is 10.2. The van der Waals surface area contributed by atoms with Gasteiger partial charge in [-0.2, -0.15) is 0 Å². The van der Waals surface area contributed by atoms with E-state index in [4.69, 9.17) is 9.15 Å². The normalized spacial score (nSPS) is 16.5. The summed E-state index contributed by atoms with van der Waals surface area (Å²) < 4.78 is 10.8. The first-order valence-corrected chi connectivity index (χ1v) is 7.98. The van der Waals surface area contributed by atoms with Gasteiger partial charge in [0.1, 0.15) is 11.1 Å². The number of ether oxygens (including phenoxy) is 1. The Kier molecular flexibility index (Phi) is 4.15. The van der Waals surface area contributed by atoms with Gasteiger partial charge in [-0.05, 0) is 39.3 Å². The number of fused-ring (bicyclic) bond motifs is 1. The SMILES string of the molecule is CC(C)(C)OC(=O)N1CCCN(c2ccc3ncoc3c2)CC1. The van der Waals surface area contributed by atoms with Gasteiger partial charge in [0.15, 0.2) is 12.0 Å². The molecule has 0 bridgehead atoms. The van der Waals surface area contributed by atoms with Gasteiger partial charge in [0, 0.05) is 37.9 Å². The highest BCUT2D eigenvalue weighted by molar-refractivity contribution is 5.77. The summed E-state index contributed by atoms with van der Waals surface area (Å²) in [6, 6.07) is 6.02. The minimum atomic E-state index is -0.458. The molecule has 0 unspecified atom stereocenters. The minimum Gasteiger partial charge on any atom is -0.444 e. The molecular formula is C17H23N3O3. The Labute approximate surface area is 136 Å². The van der Waals surface area contributed by atoms with Crippen molar-refractivity contribution in [1.29, 1.82) is 0 Å². The Balaban J connectivity index is 1.67. The van der Waals surface area contributed by atoms with E-state index in [0.717, 1.165) is 42.8 Å². The average Bonchev–Trinajstić information content (AvgIpc) is 2.79. The lowest BCUT2D eigenvalue weighted by Gasteiger charge is -2.26. The monoisotopic (exact) mass is 317 g/mol. The summed E-state index contributed by atoms with van der Waals surface area (Å²) in [6.07, 6.45) is 2.14. The molecule has 1 amide bonds. The van der Waals surface area contributed by atoms with Crippen molar-refractivity contribution in [3.8, 4) is 0 Å². The third-order valence-corrected chi connectivity index (χ3v) is 3.83. The Morgan fingerprint density at radius 2 is 2.04 bits per heavy atom. The molecule has 0 saturated carbocycles. The van der Waals surface area contributed by atoms with E-state index in [2.05, 4.69) is 9.88 Å². The number of carbonyl (C=O) groups is 1. The zero-order valence-electron chi connectivity index (χ0n) is 13.9. The number of amides is 1. The molecule has 6 nitrogen and oxygen atoms in total. The first-order valence-electron chi connectivity index (χ1n) is 7.98. The van der Waals surface area contributed by atoms with Gasteiger partial charge in [-0.1, -0.05) is 0 Å². The van der Waals surface area contributed by atoms with Gasteiger partial charge in [0.05, 0.1) is 0 Å². The zero-order chi connectivity index (χ0) is 16.4. The zero-order valence-corrected chi connectivity index (χ0v) is 13.9. The lowest BCUT2D eigenvalue weighted by Crippen LogP contribution is -2.39. The maximum Gasteiger partial charge on any atom is 0.410 e. The van der Waals surface area contributed by atoms with E-state index in [1.54, 1.807) is 4.90 Å². The topological polar surface area (TPSA) is 58.8 Å². The first kappa shape index (κ1) is 15.6. The second-order valence-corrected chi connectivity index (χ2v) is 6.81. The summed E-state index contributed by atoms with van der Waals surface area (Å²) in [7, 11) is 0. The van der Waals surface area contributed by atoms with Crippen LogP contribution >= 0.6 is 0 Å². The highest BCUT2D eigenvalue weighted by Crippen LogP contribution is 2.23. The van der Waals surface area contributed by atoms with Crippen molar-refractivity contribution in [2.45, 2.75) is 32.8 Å². The fourth-order valence-electron chi connectivity index (χ4n) is 2.73. The van der Waals surface area contributed by atoms with Crippen molar-refractivity contribution in [1.82, 2.24) is 9.88 Å². The van der Waals surface area contributed by atoms with Gasteiger partial charge >= 0.3 is 6.09 Å². The number of oxazole rings is 1. The predicted molar refractivity (Wildman–Crippen MR) is 88.6 cm³/mol. The van der Waals surface area contributed by atoms with Crippen molar-refractivity contribution in [2.24, 2.45) is 0 Å². The highest BCUT2D eigenvalue weighted by Gasteiger charge is 2.24. The van der Waals surface area contributed by atoms with Crippen LogP contribution in [0.1, 0.15) is 27.2 Å². The Bertz CT molecular complexity index is 690. The fourth-order valence-corrected chi connectivity index (χ4v) is 2.73. The van der Waals surface area contributed by atoms with E-state index in [1.165, 1.54) is 6.39 Å². The number of anilines is 1. The molecule has 124 valence electrons. The van der Waals surface area contributed by atoms with Crippen LogP contribution in [0.5, 0.6) is 0 Å². The van der Waals surface area contributed by atoms with Crippen molar-refractivity contribution in [3.05, 3.63) is 24.6 Å². The quantitative estimate of drug-likeness (QED) is 0.808. The number of hydrogen-bond acceptors (Lipinski definition) is 5. The highest BCUT2D eigenvalue weighted by atomic mass is 16.6. The number of rotatable bonds is 1. The summed E-state index contributed by atoms with van der Waals surface area (Å²) in [5.41, 5.74) is 2.29. The maximum atomic E-state index is 12.2. The molecule has 0 N–H and O–H groups in total. The van der Waals surface area contributed by atoms with E-state index in [-0.39, 0.29) is 6.09 Å². The van der Waals surface area contributed by atoms with Crippen LogP contribution in [0.4, 0.5) is 10.5 Å². The fraction of sp³-hybridized carbons (Fsp3) is 0.529. The van der Waals surface area contributed by atoms with Crippen LogP contribution in [-0.2, 0) is 4.74 Å². The van der Waals surface area contributed by atoms with Crippen LogP contribution in [0.2, 0.25) is 0 Å². The smallest absolute Gasteiger partial charge is 0.410 e. The molecular weight excluding hydrogens is 294 g/mol. The molecule has 1 aliphatic rings. The van der Waals surface area contributed by atoms with Crippen LogP contribution in [0.15, 0.2) is 29.0 Å². The predicted octanol–water partition coefficient (Wildman–Crippen LogP) is 3.28. The average molecular weight is 317 g/mol. The second-order valence-electron chi connectivity index (χ2n) is 6.81. The molecule has 1 aliphatic heterocycles. The summed E-state index contributed by atoms with van der Waals surface area (Å²) in [4.78, 5) is 20.4. The van der Waals surface area contributed by atoms with E-state index < -0.39 is 5.60 Å². The molecule has 1 aromatic heterocycles. The van der Waals surface area contributed by atoms with Crippen LogP contribution in [0.3, 0.4) is 0 Å². The molecule has 23 heavy (non-hydrogen) atoms. The molecule has 1 aromatic carbocycles. The van der Waals surface area contributed by atoms with Crippen molar-refractivity contribution in [3.63, 3.8) is 0 Å². The maximum absolute atomic E-state index is 12.2. The number of nitrogens with zero attached hydrogens (tertiary/aromatic N) is 3. The number of carbonyl (C=O) groups excluding carboxylic acids is 1. The van der Waals surface area contributed by atoms with Crippen LogP contribution in [0, 0.1) is 0 Å². The Hall–Kier alpha value is -2.24. The number of hydrogen-bond donors (Lipinski definition) is 0. The third kappa shape index (κ3) is 3.75. The van der Waals surface area contributed by atoms with Crippen LogP contribution in [0.25, 0.3) is 11.1 Å². The number of aromatic nitrogens is 1. The van der Waals surface area contributed by atoms with Crippen molar-refractivity contribution >= 4 is 22.9 Å². The molecule has 1 fully saturated rings. The van der Waals surface area contributed by atoms with Crippen LogP contribution in [-0.4, -0.2) is 47.8 Å². The summed E-state index contributed by atoms with van der Waals surface area (Å²) in [6.45, 7) is 8.72. The third-order valence-electron chi connectivity index (χ3n) is 3.83. The largest absolute Gasteiger partial charge is 0.444 e. The van der Waals surface area contributed by atoms with Gasteiger partial charge < -0.3 is 19.0 Å². The second kappa shape index (κ2) is 6.10. The van der Waals surface area contributed by atoms with E-state index >= 15 is 0 Å². The minimum absolute atomic E-state index is 0.231. The van der Waals surface area contributed by atoms with Gasteiger partial charge in [-0.25, -0.2) is 9.78 Å². The number of benzene rings is 1. The van der Waals surface area contributed by atoms with Gasteiger partial charge in [0.25, 0.3) is 0 Å². The molecule has 2 aromatic rings. The molecule has 0 aliphatic carbocycles. The Morgan fingerprint density at radius 1 is 1.22 bits per heavy atom. The molecule has 0 radical (unpaired) electrons. The van der Waals surface area contributed by atoms with E-state index in [9.17, 15) is 4.79 Å². The van der Waals surface area contributed by atoms with E-state index in [0.29, 0.717) is 6.54 Å². The summed E-state index contributed by atoms with van der Waals surface area (Å²) in [5.74, 6) is 0. The molecule has 6 heteroatoms. The summed E-state index contributed by atoms with van der Waals surface area (Å²) in [5, 5.41) is 0. The van der Waals surface area contributed by atoms with Gasteiger partial charge in [-0.3, -0.25) is 0 Å². The van der Waals surface area contributed by atoms with E-state index in [1.807, 2.05) is 39.0 Å². The molecule has 0 atom stereocenters. The molecule has 3 rings (SSSR count). The standard InChI is InChI=1S/C17H23N3O3/c1-17(2,3)23-16(21)20-8-4-7-19(9-10-20)13-5-6-14-15(11-13)22-12-18-14/h5-6,11-12H,4,7-10H2,1-3H3.